The Bertz CT molecular complexity index is 643. The minimum absolute atomic E-state index is 0. The van der Waals surface area contributed by atoms with Crippen molar-refractivity contribution >= 4 is 47.4 Å². The number of nitrogens with two attached hydrogens (primary N) is 1. The Morgan fingerprint density at radius 3 is 2.19 bits per heavy atom. The van der Waals surface area contributed by atoms with Crippen LogP contribution >= 0.6 is 35.6 Å². The van der Waals surface area contributed by atoms with Gasteiger partial charge in [-0.1, -0.05) is 35.7 Å². The van der Waals surface area contributed by atoms with Crippen LogP contribution in [-0.4, -0.2) is 54.3 Å². The van der Waals surface area contributed by atoms with Crippen LogP contribution in [0.15, 0.2) is 18.2 Å². The summed E-state index contributed by atoms with van der Waals surface area (Å²) in [7, 11) is 0. The fraction of sp³-hybridized carbons (Fsp3) is 0.556. The van der Waals surface area contributed by atoms with Crippen molar-refractivity contribution in [3.63, 3.8) is 0 Å². The SMILES string of the molecule is Cl.NC[C@H]1CCC[C@H]1C(=O)N1CCN(C(=O)c2c(Cl)cccc2Cl)CC1. The van der Waals surface area contributed by atoms with E-state index < -0.39 is 0 Å². The van der Waals surface area contributed by atoms with E-state index in [0.29, 0.717) is 54.3 Å². The number of piperazine rings is 1. The summed E-state index contributed by atoms with van der Waals surface area (Å²) in [6.45, 7) is 2.64. The maximum atomic E-state index is 12.7. The summed E-state index contributed by atoms with van der Waals surface area (Å²) in [6.07, 6.45) is 3.03. The van der Waals surface area contributed by atoms with Crippen molar-refractivity contribution in [1.82, 2.24) is 9.80 Å². The number of hydrogen-bond donors (Lipinski definition) is 1. The molecule has 0 spiro atoms. The smallest absolute Gasteiger partial charge is 0.257 e. The normalized spacial score (nSPS) is 22.9. The Hall–Kier alpha value is -1.01. The van der Waals surface area contributed by atoms with Gasteiger partial charge >= 0.3 is 0 Å². The van der Waals surface area contributed by atoms with Gasteiger partial charge in [0.25, 0.3) is 5.91 Å². The molecule has 2 N–H and O–H groups in total. The highest BCUT2D eigenvalue weighted by Gasteiger charge is 2.36. The molecule has 1 heterocycles. The number of hydrogen-bond acceptors (Lipinski definition) is 3. The van der Waals surface area contributed by atoms with E-state index in [4.69, 9.17) is 28.9 Å². The fourth-order valence-electron chi connectivity index (χ4n) is 3.87. The van der Waals surface area contributed by atoms with E-state index in [1.165, 1.54) is 0 Å². The first-order valence-corrected chi connectivity index (χ1v) is 9.50. The molecule has 144 valence electrons. The highest BCUT2D eigenvalue weighted by atomic mass is 35.5. The highest BCUT2D eigenvalue weighted by molar-refractivity contribution is 6.39. The van der Waals surface area contributed by atoms with Gasteiger partial charge in [-0.2, -0.15) is 0 Å². The van der Waals surface area contributed by atoms with Gasteiger partial charge in [-0.15, -0.1) is 12.4 Å². The first-order chi connectivity index (χ1) is 12.0. The average molecular weight is 421 g/mol. The molecule has 1 saturated heterocycles. The third kappa shape index (κ3) is 4.28. The second kappa shape index (κ2) is 9.27. The zero-order chi connectivity index (χ0) is 18.0. The molecule has 3 rings (SSSR count). The molecule has 2 fully saturated rings. The Labute approximate surface area is 170 Å². The van der Waals surface area contributed by atoms with E-state index in [0.717, 1.165) is 19.3 Å². The summed E-state index contributed by atoms with van der Waals surface area (Å²) in [6, 6.07) is 5.04. The zero-order valence-electron chi connectivity index (χ0n) is 14.5. The van der Waals surface area contributed by atoms with Crippen LogP contribution in [0.25, 0.3) is 0 Å². The molecule has 2 aliphatic rings. The number of benzene rings is 1. The third-order valence-electron chi connectivity index (χ3n) is 5.33. The minimum Gasteiger partial charge on any atom is -0.339 e. The van der Waals surface area contributed by atoms with Crippen molar-refractivity contribution in [3.05, 3.63) is 33.8 Å². The maximum absolute atomic E-state index is 12.7. The van der Waals surface area contributed by atoms with Gasteiger partial charge in [0, 0.05) is 32.1 Å². The molecular weight excluding hydrogens is 397 g/mol. The number of amides is 2. The van der Waals surface area contributed by atoms with Gasteiger partial charge in [0.2, 0.25) is 5.91 Å². The lowest BCUT2D eigenvalue weighted by Crippen LogP contribution is -2.52. The second-order valence-electron chi connectivity index (χ2n) is 6.75. The predicted molar refractivity (Wildman–Crippen MR) is 106 cm³/mol. The number of rotatable bonds is 3. The van der Waals surface area contributed by atoms with E-state index in [2.05, 4.69) is 0 Å². The molecule has 0 aromatic heterocycles. The van der Waals surface area contributed by atoms with Crippen molar-refractivity contribution in [1.29, 1.82) is 0 Å². The molecule has 1 aromatic rings. The van der Waals surface area contributed by atoms with E-state index in [-0.39, 0.29) is 30.1 Å². The lowest BCUT2D eigenvalue weighted by Gasteiger charge is -2.37. The molecule has 0 radical (unpaired) electrons. The molecule has 0 unspecified atom stereocenters. The first kappa shape index (κ1) is 21.3. The third-order valence-corrected chi connectivity index (χ3v) is 5.96. The van der Waals surface area contributed by atoms with E-state index in [1.54, 1.807) is 23.1 Å². The summed E-state index contributed by atoms with van der Waals surface area (Å²) in [5.74, 6) is 0.360. The van der Waals surface area contributed by atoms with Crippen LogP contribution in [0.3, 0.4) is 0 Å². The Morgan fingerprint density at radius 1 is 1.04 bits per heavy atom. The topological polar surface area (TPSA) is 66.6 Å². The number of carbonyl (C=O) groups is 2. The minimum atomic E-state index is -0.177. The summed E-state index contributed by atoms with van der Waals surface area (Å²) in [4.78, 5) is 29.0. The van der Waals surface area contributed by atoms with Crippen LogP contribution in [0.2, 0.25) is 10.0 Å². The van der Waals surface area contributed by atoms with Gasteiger partial charge in [-0.05, 0) is 37.4 Å². The lowest BCUT2D eigenvalue weighted by molar-refractivity contribution is -0.138. The molecule has 1 aliphatic carbocycles. The number of carbonyl (C=O) groups excluding carboxylic acids is 2. The molecule has 2 amide bonds. The summed E-state index contributed by atoms with van der Waals surface area (Å²) in [5.41, 5.74) is 6.14. The van der Waals surface area contributed by atoms with E-state index in [1.807, 2.05) is 4.90 Å². The molecule has 1 aromatic carbocycles. The second-order valence-corrected chi connectivity index (χ2v) is 7.56. The van der Waals surface area contributed by atoms with Crippen molar-refractivity contribution in [3.8, 4) is 0 Å². The Balaban J connectivity index is 0.00000243. The maximum Gasteiger partial charge on any atom is 0.257 e. The fourth-order valence-corrected chi connectivity index (χ4v) is 4.43. The van der Waals surface area contributed by atoms with Gasteiger partial charge in [0.05, 0.1) is 15.6 Å². The largest absolute Gasteiger partial charge is 0.339 e. The van der Waals surface area contributed by atoms with Crippen LogP contribution in [0.1, 0.15) is 29.6 Å². The van der Waals surface area contributed by atoms with Crippen LogP contribution in [-0.2, 0) is 4.79 Å². The summed E-state index contributed by atoms with van der Waals surface area (Å²) in [5, 5.41) is 0.709. The van der Waals surface area contributed by atoms with Crippen LogP contribution in [0, 0.1) is 11.8 Å². The molecule has 2 atom stereocenters. The molecule has 1 saturated carbocycles. The van der Waals surface area contributed by atoms with Gasteiger partial charge in [0.1, 0.15) is 0 Å². The van der Waals surface area contributed by atoms with E-state index in [9.17, 15) is 9.59 Å². The van der Waals surface area contributed by atoms with Gasteiger partial charge in [-0.25, -0.2) is 0 Å². The van der Waals surface area contributed by atoms with Gasteiger partial charge < -0.3 is 15.5 Å². The summed E-state index contributed by atoms with van der Waals surface area (Å²) >= 11 is 12.3. The number of nitrogens with zero attached hydrogens (tertiary/aromatic N) is 2. The van der Waals surface area contributed by atoms with Crippen LogP contribution < -0.4 is 5.73 Å². The predicted octanol–water partition coefficient (Wildman–Crippen LogP) is 3.07. The van der Waals surface area contributed by atoms with Crippen molar-refractivity contribution in [2.75, 3.05) is 32.7 Å². The lowest BCUT2D eigenvalue weighted by atomic mass is 9.94. The van der Waals surface area contributed by atoms with Gasteiger partial charge in [0.15, 0.2) is 0 Å². The van der Waals surface area contributed by atoms with Crippen LogP contribution in [0.5, 0.6) is 0 Å². The first-order valence-electron chi connectivity index (χ1n) is 8.75. The quantitative estimate of drug-likeness (QED) is 0.817. The molecule has 1 aliphatic heterocycles. The molecule has 0 bridgehead atoms. The monoisotopic (exact) mass is 419 g/mol. The number of halogens is 3. The molecule has 8 heteroatoms. The standard InChI is InChI=1S/C18H23Cl2N3O2.ClH/c19-14-5-2-6-15(20)16(14)18(25)23-9-7-22(8-10-23)17(24)13-4-1-3-12(13)11-21;/h2,5-6,12-13H,1,3-4,7-11,21H2;1H/t12-,13-;/m1./s1. The van der Waals surface area contributed by atoms with Gasteiger partial charge in [-0.3, -0.25) is 9.59 Å². The molecule has 26 heavy (non-hydrogen) atoms. The van der Waals surface area contributed by atoms with Crippen molar-refractivity contribution < 1.29 is 9.59 Å². The molecule has 5 nitrogen and oxygen atoms in total. The van der Waals surface area contributed by atoms with Crippen molar-refractivity contribution in [2.45, 2.75) is 19.3 Å². The highest BCUT2D eigenvalue weighted by Crippen LogP contribution is 2.33. The molecular formula is C18H24Cl3N3O2. The Kier molecular flexibility index (Phi) is 7.59. The van der Waals surface area contributed by atoms with E-state index >= 15 is 0 Å². The Morgan fingerprint density at radius 2 is 1.62 bits per heavy atom. The zero-order valence-corrected chi connectivity index (χ0v) is 16.8. The summed E-state index contributed by atoms with van der Waals surface area (Å²) < 4.78 is 0. The average Bonchev–Trinajstić information content (AvgIpc) is 3.09. The van der Waals surface area contributed by atoms with Crippen molar-refractivity contribution in [2.24, 2.45) is 17.6 Å². The van der Waals surface area contributed by atoms with Crippen LogP contribution in [0.4, 0.5) is 0 Å².